The number of nitrogens with zero attached hydrogens (tertiary/aromatic N) is 1. The summed E-state index contributed by atoms with van der Waals surface area (Å²) in [7, 11) is 0. The van der Waals surface area contributed by atoms with E-state index in [-0.39, 0.29) is 0 Å². The van der Waals surface area contributed by atoms with Crippen LogP contribution in [0.4, 0.5) is 0 Å². The molecule has 0 aliphatic heterocycles. The van der Waals surface area contributed by atoms with Gasteiger partial charge in [0.1, 0.15) is 0 Å². The van der Waals surface area contributed by atoms with Gasteiger partial charge in [-0.3, -0.25) is 0 Å². The van der Waals surface area contributed by atoms with E-state index in [1.807, 2.05) is 11.4 Å². The van der Waals surface area contributed by atoms with E-state index in [1.165, 1.54) is 11.5 Å². The molecule has 0 radical (unpaired) electrons. The highest BCUT2D eigenvalue weighted by molar-refractivity contribution is 9.08. The topological polar surface area (TPSA) is 12.9 Å². The molecule has 0 saturated heterocycles. The zero-order chi connectivity index (χ0) is 5.11. The van der Waals surface area contributed by atoms with Gasteiger partial charge in [-0.05, 0) is 17.6 Å². The van der Waals surface area contributed by atoms with E-state index in [4.69, 9.17) is 0 Å². The summed E-state index contributed by atoms with van der Waals surface area (Å²) in [5, 5.41) is 2.84. The van der Waals surface area contributed by atoms with E-state index in [9.17, 15) is 0 Å². The fourth-order valence-electron chi connectivity index (χ4n) is 0.306. The lowest BCUT2D eigenvalue weighted by atomic mass is 10.5. The maximum Gasteiger partial charge on any atom is 0.0647 e. The molecular weight excluding hydrogens is 174 g/mol. The average Bonchev–Trinajstić information content (AvgIpc) is 2.14. The third-order valence-electron chi connectivity index (χ3n) is 0.628. The standard InChI is InChI=1S/C4H4BrNS/c5-3-4-1-2-7-6-4/h1-2H,3H2. The lowest BCUT2D eigenvalue weighted by Crippen LogP contribution is -1.68. The van der Waals surface area contributed by atoms with Crippen LogP contribution < -0.4 is 0 Å². The highest BCUT2D eigenvalue weighted by Crippen LogP contribution is 2.03. The van der Waals surface area contributed by atoms with Crippen LogP contribution in [0.1, 0.15) is 5.69 Å². The molecule has 0 aliphatic rings. The zero-order valence-corrected chi connectivity index (χ0v) is 6.00. The second kappa shape index (κ2) is 2.43. The van der Waals surface area contributed by atoms with Gasteiger partial charge in [0.25, 0.3) is 0 Å². The molecule has 1 rings (SSSR count). The van der Waals surface area contributed by atoms with Crippen LogP contribution >= 0.6 is 27.5 Å². The second-order valence-electron chi connectivity index (χ2n) is 1.12. The molecule has 3 heteroatoms. The molecule has 0 aliphatic carbocycles. The van der Waals surface area contributed by atoms with Crippen molar-refractivity contribution in [1.29, 1.82) is 0 Å². The third-order valence-corrected chi connectivity index (χ3v) is 1.80. The summed E-state index contributed by atoms with van der Waals surface area (Å²) in [4.78, 5) is 0. The van der Waals surface area contributed by atoms with Gasteiger partial charge in [0.15, 0.2) is 0 Å². The molecule has 0 N–H and O–H groups in total. The maximum absolute atomic E-state index is 4.03. The van der Waals surface area contributed by atoms with Crippen LogP contribution in [0.25, 0.3) is 0 Å². The van der Waals surface area contributed by atoms with Crippen LogP contribution in [0.5, 0.6) is 0 Å². The van der Waals surface area contributed by atoms with E-state index < -0.39 is 0 Å². The first kappa shape index (κ1) is 5.25. The van der Waals surface area contributed by atoms with Gasteiger partial charge in [0.2, 0.25) is 0 Å². The second-order valence-corrected chi connectivity index (χ2v) is 2.35. The molecule has 0 amide bonds. The van der Waals surface area contributed by atoms with Crippen molar-refractivity contribution >= 4 is 27.5 Å². The molecule has 0 aromatic carbocycles. The van der Waals surface area contributed by atoms with Crippen molar-refractivity contribution in [3.05, 3.63) is 17.1 Å². The summed E-state index contributed by atoms with van der Waals surface area (Å²) in [6.07, 6.45) is 0. The van der Waals surface area contributed by atoms with Crippen LogP contribution in [0.3, 0.4) is 0 Å². The molecular formula is C4H4BrNS. The van der Waals surface area contributed by atoms with Crippen molar-refractivity contribution in [1.82, 2.24) is 4.37 Å². The Kier molecular flexibility index (Phi) is 1.82. The minimum Gasteiger partial charge on any atom is -0.197 e. The molecule has 0 saturated carbocycles. The van der Waals surface area contributed by atoms with Crippen molar-refractivity contribution in [2.45, 2.75) is 5.33 Å². The van der Waals surface area contributed by atoms with Crippen molar-refractivity contribution in [2.24, 2.45) is 0 Å². The fourth-order valence-corrected chi connectivity index (χ4v) is 1.32. The summed E-state index contributed by atoms with van der Waals surface area (Å²) in [5.74, 6) is 0. The molecule has 1 aromatic rings. The molecule has 38 valence electrons. The van der Waals surface area contributed by atoms with Gasteiger partial charge in [-0.1, -0.05) is 15.9 Å². The van der Waals surface area contributed by atoms with Crippen molar-refractivity contribution in [2.75, 3.05) is 0 Å². The Hall–Kier alpha value is 0.110. The van der Waals surface area contributed by atoms with E-state index in [0.717, 1.165) is 11.0 Å². The largest absolute Gasteiger partial charge is 0.197 e. The Morgan fingerprint density at radius 1 is 1.86 bits per heavy atom. The number of hydrogen-bond acceptors (Lipinski definition) is 2. The van der Waals surface area contributed by atoms with Gasteiger partial charge < -0.3 is 0 Å². The summed E-state index contributed by atoms with van der Waals surface area (Å²) >= 11 is 4.76. The van der Waals surface area contributed by atoms with Gasteiger partial charge in [-0.25, -0.2) is 0 Å². The van der Waals surface area contributed by atoms with Gasteiger partial charge in [0.05, 0.1) is 5.69 Å². The van der Waals surface area contributed by atoms with Crippen molar-refractivity contribution < 1.29 is 0 Å². The summed E-state index contributed by atoms with van der Waals surface area (Å²) in [6.45, 7) is 0. The molecule has 0 atom stereocenters. The Bertz CT molecular complexity index is 126. The Labute approximate surface area is 54.7 Å². The molecule has 1 heterocycles. The Balaban J connectivity index is 2.76. The van der Waals surface area contributed by atoms with Crippen LogP contribution in [0.2, 0.25) is 0 Å². The first-order valence-corrected chi connectivity index (χ1v) is 3.84. The first-order valence-electron chi connectivity index (χ1n) is 1.88. The molecule has 0 bridgehead atoms. The third kappa shape index (κ3) is 1.24. The summed E-state index contributed by atoms with van der Waals surface area (Å²) < 4.78 is 4.03. The van der Waals surface area contributed by atoms with Gasteiger partial charge >= 0.3 is 0 Å². The smallest absolute Gasteiger partial charge is 0.0647 e. The van der Waals surface area contributed by atoms with E-state index >= 15 is 0 Å². The van der Waals surface area contributed by atoms with E-state index in [1.54, 1.807) is 0 Å². The predicted molar refractivity (Wildman–Crippen MR) is 34.7 cm³/mol. The zero-order valence-electron chi connectivity index (χ0n) is 3.60. The van der Waals surface area contributed by atoms with Crippen LogP contribution in [-0.4, -0.2) is 4.37 Å². The summed E-state index contributed by atoms with van der Waals surface area (Å²) in [5.41, 5.74) is 1.12. The quantitative estimate of drug-likeness (QED) is 0.599. The monoisotopic (exact) mass is 177 g/mol. The molecule has 1 nitrogen and oxygen atoms in total. The van der Waals surface area contributed by atoms with Gasteiger partial charge in [-0.15, -0.1) is 0 Å². The number of halogens is 1. The van der Waals surface area contributed by atoms with Gasteiger partial charge in [0, 0.05) is 10.7 Å². The highest BCUT2D eigenvalue weighted by Gasteiger charge is 1.85. The fraction of sp³-hybridized carbons (Fsp3) is 0.250. The average molecular weight is 178 g/mol. The van der Waals surface area contributed by atoms with Crippen LogP contribution in [0.15, 0.2) is 11.4 Å². The number of hydrogen-bond donors (Lipinski definition) is 0. The minimum absolute atomic E-state index is 0.872. The Morgan fingerprint density at radius 2 is 2.71 bits per heavy atom. The number of alkyl halides is 1. The number of aromatic nitrogens is 1. The SMILES string of the molecule is BrCc1ccsn1. The van der Waals surface area contributed by atoms with Crippen molar-refractivity contribution in [3.63, 3.8) is 0 Å². The van der Waals surface area contributed by atoms with Gasteiger partial charge in [-0.2, -0.15) is 4.37 Å². The van der Waals surface area contributed by atoms with E-state index in [0.29, 0.717) is 0 Å². The van der Waals surface area contributed by atoms with Crippen LogP contribution in [-0.2, 0) is 5.33 Å². The molecule has 1 aromatic heterocycles. The first-order chi connectivity index (χ1) is 3.43. The Morgan fingerprint density at radius 3 is 3.00 bits per heavy atom. The summed E-state index contributed by atoms with van der Waals surface area (Å²) in [6, 6.07) is 2.00. The van der Waals surface area contributed by atoms with Crippen molar-refractivity contribution in [3.8, 4) is 0 Å². The van der Waals surface area contributed by atoms with E-state index in [2.05, 4.69) is 20.3 Å². The maximum atomic E-state index is 4.03. The molecule has 7 heavy (non-hydrogen) atoms. The lowest BCUT2D eigenvalue weighted by Gasteiger charge is -1.75. The normalized spacial score (nSPS) is 9.29. The molecule has 0 spiro atoms. The van der Waals surface area contributed by atoms with Crippen LogP contribution in [0, 0.1) is 0 Å². The molecule has 0 unspecified atom stereocenters. The highest BCUT2D eigenvalue weighted by atomic mass is 79.9. The molecule has 0 fully saturated rings. The number of rotatable bonds is 1. The lowest BCUT2D eigenvalue weighted by molar-refractivity contribution is 1.32. The minimum atomic E-state index is 0.872. The predicted octanol–water partition coefficient (Wildman–Crippen LogP) is 2.04.